The highest BCUT2D eigenvalue weighted by atomic mass is 16.2. The van der Waals surface area contributed by atoms with E-state index in [4.69, 9.17) is 0 Å². The summed E-state index contributed by atoms with van der Waals surface area (Å²) < 4.78 is 1.13. The fraction of sp³-hybridized carbons (Fsp3) is 0. The van der Waals surface area contributed by atoms with E-state index in [-0.39, 0.29) is 5.91 Å². The number of hydrogen-bond acceptors (Lipinski definition) is 3. The van der Waals surface area contributed by atoms with Gasteiger partial charge in [0.15, 0.2) is 5.65 Å². The summed E-state index contributed by atoms with van der Waals surface area (Å²) in [6, 6.07) is 18.1. The van der Waals surface area contributed by atoms with Crippen LogP contribution in [0.2, 0.25) is 0 Å². The summed E-state index contributed by atoms with van der Waals surface area (Å²) in [5, 5.41) is 0.878. The van der Waals surface area contributed by atoms with Gasteiger partial charge in [0.2, 0.25) is 0 Å². The van der Waals surface area contributed by atoms with E-state index in [0.29, 0.717) is 16.7 Å². The highest BCUT2D eigenvalue weighted by Crippen LogP contribution is 2.18. The molecule has 22 heavy (non-hydrogen) atoms. The molecule has 0 aliphatic carbocycles. The van der Waals surface area contributed by atoms with E-state index >= 15 is 0 Å². The summed E-state index contributed by atoms with van der Waals surface area (Å²) in [5.41, 5.74) is 1.64. The van der Waals surface area contributed by atoms with Crippen molar-refractivity contribution in [3.05, 3.63) is 76.7 Å². The van der Waals surface area contributed by atoms with Crippen molar-refractivity contribution in [2.75, 3.05) is 0 Å². The molecule has 0 radical (unpaired) electrons. The van der Waals surface area contributed by atoms with E-state index in [0.717, 1.165) is 15.5 Å². The van der Waals surface area contributed by atoms with Crippen LogP contribution >= 0.6 is 0 Å². The number of hydrogen-bond donors (Lipinski definition) is 1. The van der Waals surface area contributed by atoms with E-state index in [1.54, 1.807) is 30.3 Å². The number of pyridine rings is 1. The number of nitrogens with one attached hydrogen (secondary N) is 1. The molecule has 0 aliphatic heterocycles. The molecule has 4 aromatic rings. The number of fused-ring (bicyclic) bond motifs is 2. The molecule has 0 fully saturated rings. The van der Waals surface area contributed by atoms with Crippen LogP contribution in [-0.4, -0.2) is 20.4 Å². The monoisotopic (exact) mass is 289 g/mol. The van der Waals surface area contributed by atoms with Crippen LogP contribution in [0.4, 0.5) is 0 Å². The Morgan fingerprint density at radius 2 is 1.73 bits per heavy atom. The van der Waals surface area contributed by atoms with Crippen LogP contribution in [0, 0.1) is 0 Å². The van der Waals surface area contributed by atoms with Gasteiger partial charge in [0.25, 0.3) is 5.91 Å². The van der Waals surface area contributed by atoms with Gasteiger partial charge in [-0.1, -0.05) is 36.4 Å². The molecule has 0 atom stereocenters. The Bertz CT molecular complexity index is 1060. The fourth-order valence-electron chi connectivity index (χ4n) is 2.55. The van der Waals surface area contributed by atoms with E-state index in [2.05, 4.69) is 9.97 Å². The molecule has 0 unspecified atom stereocenters. The first kappa shape index (κ1) is 12.5. The van der Waals surface area contributed by atoms with Crippen molar-refractivity contribution >= 4 is 28.0 Å². The Morgan fingerprint density at radius 1 is 1.00 bits per heavy atom. The molecule has 4 rings (SSSR count). The third-order valence-electron chi connectivity index (χ3n) is 3.60. The topological polar surface area (TPSA) is 67.8 Å². The fourth-order valence-corrected chi connectivity index (χ4v) is 2.55. The van der Waals surface area contributed by atoms with Crippen molar-refractivity contribution in [3.8, 4) is 0 Å². The third-order valence-corrected chi connectivity index (χ3v) is 3.60. The van der Waals surface area contributed by atoms with Gasteiger partial charge in [-0.3, -0.25) is 9.78 Å². The Labute approximate surface area is 124 Å². The third kappa shape index (κ3) is 1.83. The number of aromatic amines is 1. The molecular formula is C17H11N3O2. The molecule has 0 amide bonds. The van der Waals surface area contributed by atoms with Gasteiger partial charge in [0.05, 0.1) is 11.0 Å². The molecule has 0 spiro atoms. The molecule has 2 aromatic carbocycles. The SMILES string of the molecule is O=C(c1ccccc1)n1c(=O)[nH]c2nc3ccccc3cc21. The Balaban J connectivity index is 2.01. The lowest BCUT2D eigenvalue weighted by Gasteiger charge is -2.03. The summed E-state index contributed by atoms with van der Waals surface area (Å²) in [7, 11) is 0. The van der Waals surface area contributed by atoms with Crippen LogP contribution in [0.25, 0.3) is 22.1 Å². The molecule has 0 bridgehead atoms. The number of nitrogens with zero attached hydrogens (tertiary/aromatic N) is 2. The molecule has 1 N–H and O–H groups in total. The number of carbonyl (C=O) groups is 1. The van der Waals surface area contributed by atoms with Crippen LogP contribution in [-0.2, 0) is 0 Å². The quantitative estimate of drug-likeness (QED) is 0.585. The molecule has 2 aromatic heterocycles. The van der Waals surface area contributed by atoms with Gasteiger partial charge < -0.3 is 0 Å². The minimum Gasteiger partial charge on any atom is -0.290 e. The number of benzene rings is 2. The number of carbonyl (C=O) groups excluding carboxylic acids is 1. The summed E-state index contributed by atoms with van der Waals surface area (Å²) >= 11 is 0. The average Bonchev–Trinajstić information content (AvgIpc) is 2.87. The molecule has 0 aliphatic rings. The van der Waals surface area contributed by atoms with Gasteiger partial charge in [-0.25, -0.2) is 14.3 Å². The van der Waals surface area contributed by atoms with Crippen molar-refractivity contribution in [3.63, 3.8) is 0 Å². The van der Waals surface area contributed by atoms with Crippen molar-refractivity contribution < 1.29 is 4.79 Å². The molecule has 5 nitrogen and oxygen atoms in total. The summed E-state index contributed by atoms with van der Waals surface area (Å²) in [5.74, 6) is -0.367. The van der Waals surface area contributed by atoms with Gasteiger partial charge >= 0.3 is 5.69 Å². The van der Waals surface area contributed by atoms with Gasteiger partial charge in [0.1, 0.15) is 0 Å². The predicted octanol–water partition coefficient (Wildman–Crippen LogP) is 2.57. The Kier molecular flexibility index (Phi) is 2.66. The van der Waals surface area contributed by atoms with E-state index in [1.165, 1.54) is 0 Å². The summed E-state index contributed by atoms with van der Waals surface area (Å²) in [6.07, 6.45) is 0. The van der Waals surface area contributed by atoms with Gasteiger partial charge in [0, 0.05) is 10.9 Å². The summed E-state index contributed by atoms with van der Waals surface area (Å²) in [6.45, 7) is 0. The zero-order valence-corrected chi connectivity index (χ0v) is 11.5. The second kappa shape index (κ2) is 4.66. The average molecular weight is 289 g/mol. The van der Waals surface area contributed by atoms with Gasteiger partial charge in [-0.05, 0) is 24.3 Å². The number of aromatic nitrogens is 3. The largest absolute Gasteiger partial charge is 0.334 e. The second-order valence-corrected chi connectivity index (χ2v) is 4.99. The number of para-hydroxylation sites is 1. The van der Waals surface area contributed by atoms with E-state index < -0.39 is 5.69 Å². The first-order valence-electron chi connectivity index (χ1n) is 6.84. The van der Waals surface area contributed by atoms with Gasteiger partial charge in [-0.15, -0.1) is 0 Å². The lowest BCUT2D eigenvalue weighted by Crippen LogP contribution is -2.24. The first-order chi connectivity index (χ1) is 10.7. The molecule has 0 saturated heterocycles. The lowest BCUT2D eigenvalue weighted by atomic mass is 10.2. The Morgan fingerprint density at radius 3 is 2.55 bits per heavy atom. The number of H-pyrrole nitrogens is 1. The molecule has 0 saturated carbocycles. The minimum absolute atomic E-state index is 0.367. The smallest absolute Gasteiger partial charge is 0.290 e. The number of imidazole rings is 1. The van der Waals surface area contributed by atoms with Crippen molar-refractivity contribution in [1.82, 2.24) is 14.5 Å². The zero-order chi connectivity index (χ0) is 15.1. The van der Waals surface area contributed by atoms with Crippen LogP contribution in [0.15, 0.2) is 65.5 Å². The maximum Gasteiger partial charge on any atom is 0.334 e. The summed E-state index contributed by atoms with van der Waals surface area (Å²) in [4.78, 5) is 31.8. The standard InChI is InChI=1S/C17H11N3O2/c21-16(11-6-2-1-3-7-11)20-14-10-12-8-4-5-9-13(12)18-15(14)19-17(20)22/h1-10H,(H,18,19,22). The van der Waals surface area contributed by atoms with Crippen LogP contribution in [0.3, 0.4) is 0 Å². The number of rotatable bonds is 1. The maximum atomic E-state index is 12.6. The molecule has 2 heterocycles. The lowest BCUT2D eigenvalue weighted by molar-refractivity contribution is 0.0961. The molecular weight excluding hydrogens is 278 g/mol. The minimum atomic E-state index is -0.480. The van der Waals surface area contributed by atoms with Gasteiger partial charge in [-0.2, -0.15) is 0 Å². The highest BCUT2D eigenvalue weighted by Gasteiger charge is 2.16. The van der Waals surface area contributed by atoms with E-state index in [1.807, 2.05) is 30.3 Å². The Hall–Kier alpha value is -3.21. The zero-order valence-electron chi connectivity index (χ0n) is 11.5. The van der Waals surface area contributed by atoms with Crippen LogP contribution in [0.1, 0.15) is 10.4 Å². The predicted molar refractivity (Wildman–Crippen MR) is 84.0 cm³/mol. The molecule has 5 heteroatoms. The van der Waals surface area contributed by atoms with Crippen LogP contribution in [0.5, 0.6) is 0 Å². The first-order valence-corrected chi connectivity index (χ1v) is 6.84. The maximum absolute atomic E-state index is 12.6. The second-order valence-electron chi connectivity index (χ2n) is 4.99. The highest BCUT2D eigenvalue weighted by molar-refractivity contribution is 6.02. The normalized spacial score (nSPS) is 11.1. The van der Waals surface area contributed by atoms with Crippen molar-refractivity contribution in [1.29, 1.82) is 0 Å². The molecule has 106 valence electrons. The van der Waals surface area contributed by atoms with E-state index in [9.17, 15) is 9.59 Å². The van der Waals surface area contributed by atoms with Crippen molar-refractivity contribution in [2.24, 2.45) is 0 Å². The van der Waals surface area contributed by atoms with Crippen molar-refractivity contribution in [2.45, 2.75) is 0 Å². The van der Waals surface area contributed by atoms with Crippen LogP contribution < -0.4 is 5.69 Å².